The first-order chi connectivity index (χ1) is 5.94. The number of hydrogen-bond acceptors (Lipinski definition) is 8. The zero-order valence-corrected chi connectivity index (χ0v) is 5.85. The molecule has 0 fully saturated rings. The second-order valence-corrected chi connectivity index (χ2v) is 1.99. The molecule has 0 saturated carbocycles. The number of carbonyl (C=O) groups is 1. The van der Waals surface area contributed by atoms with E-state index in [0.29, 0.717) is 0 Å². The molecular weight excluding hydrogens is 188 g/mol. The van der Waals surface area contributed by atoms with Crippen molar-refractivity contribution in [1.29, 1.82) is 0 Å². The van der Waals surface area contributed by atoms with Crippen LogP contribution in [0.4, 0.5) is 0 Å². The summed E-state index contributed by atoms with van der Waals surface area (Å²) in [7, 11) is 0. The lowest BCUT2D eigenvalue weighted by Crippen LogP contribution is -2.62. The molecule has 0 radical (unpaired) electrons. The molecule has 11 heteroatoms. The van der Waals surface area contributed by atoms with Crippen LogP contribution in [0.2, 0.25) is 0 Å². The SMILES string of the molecule is NN1N=NC(=O)C1([N+](=O)[O-])[N+](=O)[O-]. The molecule has 0 atom stereocenters. The Bertz CT molecular complexity index is 307. The monoisotopic (exact) mass is 190 g/mol. The summed E-state index contributed by atoms with van der Waals surface area (Å²) in [6, 6.07) is 0. The number of nitro groups is 2. The quantitative estimate of drug-likeness (QED) is 0.234. The minimum atomic E-state index is -3.31. The van der Waals surface area contributed by atoms with Crippen molar-refractivity contribution in [3.05, 3.63) is 20.2 Å². The predicted octanol–water partition coefficient (Wildman–Crippen LogP) is -1.72. The lowest BCUT2D eigenvalue weighted by atomic mass is 10.4. The van der Waals surface area contributed by atoms with Crippen molar-refractivity contribution in [3.63, 3.8) is 0 Å². The number of carbonyl (C=O) groups excluding carboxylic acids is 1. The van der Waals surface area contributed by atoms with E-state index in [0.717, 1.165) is 0 Å². The van der Waals surface area contributed by atoms with E-state index in [1.54, 1.807) is 0 Å². The van der Waals surface area contributed by atoms with Gasteiger partial charge in [0.25, 0.3) is 0 Å². The standard InChI is InChI=1S/C2H2N6O5/c3-6-2(7(10)11,8(12)13)1(9)4-5-6/h3H2. The molecular formula is C2H2N6O5. The van der Waals surface area contributed by atoms with Crippen LogP contribution in [0.25, 0.3) is 0 Å². The van der Waals surface area contributed by atoms with Crippen LogP contribution in [-0.2, 0) is 4.79 Å². The van der Waals surface area contributed by atoms with Gasteiger partial charge in [-0.1, -0.05) is 10.2 Å². The summed E-state index contributed by atoms with van der Waals surface area (Å²) in [5.74, 6) is -0.165. The van der Waals surface area contributed by atoms with Gasteiger partial charge in [-0.2, -0.15) is 0 Å². The average Bonchev–Trinajstić information content (AvgIpc) is 2.27. The van der Waals surface area contributed by atoms with Gasteiger partial charge < -0.3 is 0 Å². The summed E-state index contributed by atoms with van der Waals surface area (Å²) < 4.78 is 0. The van der Waals surface area contributed by atoms with Gasteiger partial charge >= 0.3 is 11.7 Å². The normalized spacial score (nSPS) is 19.2. The molecule has 0 aromatic heterocycles. The molecule has 1 rings (SSSR count). The molecule has 13 heavy (non-hydrogen) atoms. The number of rotatable bonds is 2. The minimum Gasteiger partial charge on any atom is -0.256 e. The van der Waals surface area contributed by atoms with Crippen LogP contribution in [-0.4, -0.2) is 26.7 Å². The van der Waals surface area contributed by atoms with Crippen LogP contribution in [0.15, 0.2) is 10.3 Å². The largest absolute Gasteiger partial charge is 0.657 e. The van der Waals surface area contributed by atoms with Crippen LogP contribution in [0.1, 0.15) is 0 Å². The van der Waals surface area contributed by atoms with E-state index in [-0.39, 0.29) is 5.12 Å². The maximum absolute atomic E-state index is 10.7. The predicted molar refractivity (Wildman–Crippen MR) is 32.6 cm³/mol. The van der Waals surface area contributed by atoms with Crippen molar-refractivity contribution in [3.8, 4) is 0 Å². The molecule has 1 aliphatic rings. The van der Waals surface area contributed by atoms with E-state index in [2.05, 4.69) is 10.3 Å². The van der Waals surface area contributed by atoms with Gasteiger partial charge in [-0.05, 0) is 5.22 Å². The van der Waals surface area contributed by atoms with E-state index in [4.69, 9.17) is 5.84 Å². The van der Waals surface area contributed by atoms with Crippen LogP contribution in [0.5, 0.6) is 0 Å². The lowest BCUT2D eigenvalue weighted by Gasteiger charge is -2.12. The summed E-state index contributed by atoms with van der Waals surface area (Å²) in [6.07, 6.45) is 0. The van der Waals surface area contributed by atoms with E-state index < -0.39 is 21.5 Å². The minimum absolute atomic E-state index is 0.199. The Hall–Kier alpha value is -2.17. The lowest BCUT2D eigenvalue weighted by molar-refractivity contribution is -0.802. The smallest absolute Gasteiger partial charge is 0.256 e. The summed E-state index contributed by atoms with van der Waals surface area (Å²) >= 11 is 0. The molecule has 1 heterocycles. The molecule has 0 saturated heterocycles. The fraction of sp³-hybridized carbons (Fsp3) is 0.500. The second-order valence-electron chi connectivity index (χ2n) is 1.99. The third-order valence-electron chi connectivity index (χ3n) is 1.35. The molecule has 70 valence electrons. The maximum Gasteiger partial charge on any atom is 0.657 e. The Labute approximate surface area is 69.1 Å². The van der Waals surface area contributed by atoms with Gasteiger partial charge in [0.1, 0.15) is 9.85 Å². The maximum atomic E-state index is 10.7. The zero-order valence-electron chi connectivity index (χ0n) is 5.85. The highest BCUT2D eigenvalue weighted by molar-refractivity contribution is 5.83. The van der Waals surface area contributed by atoms with Crippen LogP contribution in [0, 0.1) is 20.2 Å². The van der Waals surface area contributed by atoms with Gasteiger partial charge in [-0.15, -0.1) is 0 Å². The Kier molecular flexibility index (Phi) is 1.65. The molecule has 0 aromatic carbocycles. The molecule has 0 unspecified atom stereocenters. The summed E-state index contributed by atoms with van der Waals surface area (Å²) in [4.78, 5) is 28.4. The summed E-state index contributed by atoms with van der Waals surface area (Å²) in [5, 5.41) is 25.7. The van der Waals surface area contributed by atoms with E-state index in [1.807, 2.05) is 0 Å². The second kappa shape index (κ2) is 2.41. The third kappa shape index (κ3) is 0.837. The molecule has 0 bridgehead atoms. The third-order valence-corrected chi connectivity index (χ3v) is 1.35. The van der Waals surface area contributed by atoms with Crippen molar-refractivity contribution < 1.29 is 14.6 Å². The van der Waals surface area contributed by atoms with Gasteiger partial charge in [-0.25, -0.2) is 5.84 Å². The van der Waals surface area contributed by atoms with Crippen LogP contribution >= 0.6 is 0 Å². The van der Waals surface area contributed by atoms with E-state index in [9.17, 15) is 25.0 Å². The van der Waals surface area contributed by atoms with Crippen molar-refractivity contribution in [2.75, 3.05) is 0 Å². The number of amides is 1. The average molecular weight is 190 g/mol. The molecule has 0 aromatic rings. The first-order valence-corrected chi connectivity index (χ1v) is 2.74. The highest BCUT2D eigenvalue weighted by Gasteiger charge is 2.74. The summed E-state index contributed by atoms with van der Waals surface area (Å²) in [6.45, 7) is 0. The topological polar surface area (TPSA) is 157 Å². The van der Waals surface area contributed by atoms with Crippen molar-refractivity contribution >= 4 is 5.91 Å². The zero-order chi connectivity index (χ0) is 10.2. The highest BCUT2D eigenvalue weighted by atomic mass is 16.7. The van der Waals surface area contributed by atoms with Gasteiger partial charge in [0.05, 0.1) is 0 Å². The fourth-order valence-electron chi connectivity index (χ4n) is 0.706. The summed E-state index contributed by atoms with van der Waals surface area (Å²) in [5.41, 5.74) is 0. The Balaban J connectivity index is 3.27. The molecule has 1 amide bonds. The van der Waals surface area contributed by atoms with E-state index in [1.165, 1.54) is 0 Å². The van der Waals surface area contributed by atoms with E-state index >= 15 is 0 Å². The van der Waals surface area contributed by atoms with Gasteiger partial charge in [0.15, 0.2) is 0 Å². The molecule has 2 N–H and O–H groups in total. The number of hydrogen-bond donors (Lipinski definition) is 1. The van der Waals surface area contributed by atoms with Gasteiger partial charge in [0, 0.05) is 0 Å². The molecule has 1 aliphatic heterocycles. The molecule has 0 spiro atoms. The fourth-order valence-corrected chi connectivity index (χ4v) is 0.706. The number of nitrogens with two attached hydrogens (primary N) is 1. The van der Waals surface area contributed by atoms with Crippen LogP contribution < -0.4 is 5.84 Å². The Morgan fingerprint density at radius 1 is 1.38 bits per heavy atom. The first-order valence-electron chi connectivity index (χ1n) is 2.74. The van der Waals surface area contributed by atoms with Crippen molar-refractivity contribution in [2.24, 2.45) is 16.2 Å². The highest BCUT2D eigenvalue weighted by Crippen LogP contribution is 2.22. The molecule has 0 aliphatic carbocycles. The van der Waals surface area contributed by atoms with Crippen molar-refractivity contribution in [2.45, 2.75) is 5.79 Å². The Morgan fingerprint density at radius 3 is 2.00 bits per heavy atom. The molecule has 11 nitrogen and oxygen atoms in total. The number of hydrazine groups is 1. The first kappa shape index (κ1) is 8.92. The van der Waals surface area contributed by atoms with Gasteiger partial charge in [0.2, 0.25) is 0 Å². The Morgan fingerprint density at radius 2 is 1.85 bits per heavy atom. The van der Waals surface area contributed by atoms with Crippen LogP contribution in [0.3, 0.4) is 0 Å². The van der Waals surface area contributed by atoms with Gasteiger partial charge in [-0.3, -0.25) is 25.0 Å². The van der Waals surface area contributed by atoms with Crippen molar-refractivity contribution in [1.82, 2.24) is 5.12 Å². The number of nitrogens with zero attached hydrogens (tertiary/aromatic N) is 5.